The van der Waals surface area contributed by atoms with Crippen molar-refractivity contribution in [3.8, 4) is 0 Å². The maximum absolute atomic E-state index is 11.7. The summed E-state index contributed by atoms with van der Waals surface area (Å²) in [6.45, 7) is 3.89. The van der Waals surface area contributed by atoms with Crippen LogP contribution >= 0.6 is 23.1 Å². The normalized spacial score (nSPS) is 11.1. The fourth-order valence-corrected chi connectivity index (χ4v) is 2.94. The summed E-state index contributed by atoms with van der Waals surface area (Å²) >= 11 is 2.96. The molecule has 0 saturated carbocycles. The number of anilines is 1. The van der Waals surface area contributed by atoms with E-state index in [0.717, 1.165) is 15.9 Å². The van der Waals surface area contributed by atoms with Crippen molar-refractivity contribution in [2.24, 2.45) is 0 Å². The number of thioether (sulfide) groups is 1. The minimum Gasteiger partial charge on any atom is -0.462 e. The number of nitrogens with zero attached hydrogens (tertiary/aromatic N) is 2. The number of aromatic nitrogens is 2. The molecule has 0 unspecified atom stereocenters. The lowest BCUT2D eigenvalue weighted by atomic mass is 10.4. The van der Waals surface area contributed by atoms with Crippen molar-refractivity contribution in [2.75, 3.05) is 11.1 Å². The molecule has 19 heavy (non-hydrogen) atoms. The van der Waals surface area contributed by atoms with E-state index < -0.39 is 0 Å². The van der Waals surface area contributed by atoms with Crippen LogP contribution in [-0.4, -0.2) is 21.9 Å². The SMILES string of the molecule is CCSc1nnc(NC(=O)/C=C/c2ccc(C)o2)s1. The van der Waals surface area contributed by atoms with Crippen LogP contribution in [0.25, 0.3) is 6.08 Å². The first kappa shape index (κ1) is 13.8. The lowest BCUT2D eigenvalue weighted by molar-refractivity contribution is -0.111. The predicted molar refractivity (Wildman–Crippen MR) is 77.4 cm³/mol. The van der Waals surface area contributed by atoms with Crippen molar-refractivity contribution in [3.63, 3.8) is 0 Å². The van der Waals surface area contributed by atoms with Gasteiger partial charge >= 0.3 is 0 Å². The van der Waals surface area contributed by atoms with Crippen LogP contribution in [0, 0.1) is 6.92 Å². The molecule has 0 bridgehead atoms. The van der Waals surface area contributed by atoms with Crippen LogP contribution in [0.5, 0.6) is 0 Å². The standard InChI is InChI=1S/C12H13N3O2S2/c1-3-18-12-15-14-11(19-12)13-10(16)7-6-9-5-4-8(2)17-9/h4-7H,3H2,1-2H3,(H,13,14,16)/b7-6+. The first-order valence-electron chi connectivity index (χ1n) is 5.69. The van der Waals surface area contributed by atoms with Gasteiger partial charge in [0.05, 0.1) is 0 Å². The topological polar surface area (TPSA) is 68.0 Å². The molecule has 0 fully saturated rings. The Morgan fingerprint density at radius 3 is 3.05 bits per heavy atom. The van der Waals surface area contributed by atoms with E-state index in [1.165, 1.54) is 17.4 Å². The predicted octanol–water partition coefficient (Wildman–Crippen LogP) is 3.20. The zero-order valence-corrected chi connectivity index (χ0v) is 12.2. The highest BCUT2D eigenvalue weighted by Gasteiger charge is 2.06. The number of hydrogen-bond acceptors (Lipinski definition) is 6. The second-order valence-electron chi connectivity index (χ2n) is 3.58. The summed E-state index contributed by atoms with van der Waals surface area (Å²) in [5.41, 5.74) is 0. The van der Waals surface area contributed by atoms with Gasteiger partial charge in [-0.25, -0.2) is 0 Å². The number of carbonyl (C=O) groups excluding carboxylic acids is 1. The summed E-state index contributed by atoms with van der Waals surface area (Å²) in [5.74, 6) is 2.14. The van der Waals surface area contributed by atoms with E-state index in [0.29, 0.717) is 10.9 Å². The van der Waals surface area contributed by atoms with E-state index in [2.05, 4.69) is 15.5 Å². The highest BCUT2D eigenvalue weighted by molar-refractivity contribution is 8.01. The van der Waals surface area contributed by atoms with Gasteiger partial charge in [0, 0.05) is 6.08 Å². The zero-order valence-electron chi connectivity index (χ0n) is 10.5. The van der Waals surface area contributed by atoms with E-state index in [-0.39, 0.29) is 5.91 Å². The monoisotopic (exact) mass is 295 g/mol. The van der Waals surface area contributed by atoms with Crippen LogP contribution in [0.3, 0.4) is 0 Å². The Hall–Kier alpha value is -1.60. The fourth-order valence-electron chi connectivity index (χ4n) is 1.29. The number of aryl methyl sites for hydroxylation is 1. The molecule has 0 spiro atoms. The molecule has 0 aliphatic carbocycles. The first-order valence-corrected chi connectivity index (χ1v) is 7.49. The summed E-state index contributed by atoms with van der Waals surface area (Å²) < 4.78 is 6.18. The number of furan rings is 1. The van der Waals surface area contributed by atoms with Gasteiger partial charge < -0.3 is 4.42 Å². The van der Waals surface area contributed by atoms with Crippen molar-refractivity contribution < 1.29 is 9.21 Å². The second-order valence-corrected chi connectivity index (χ2v) is 6.07. The molecular weight excluding hydrogens is 282 g/mol. The smallest absolute Gasteiger partial charge is 0.250 e. The minimum atomic E-state index is -0.252. The number of nitrogens with one attached hydrogen (secondary N) is 1. The summed E-state index contributed by atoms with van der Waals surface area (Å²) in [5, 5.41) is 11.0. The van der Waals surface area contributed by atoms with Gasteiger partial charge in [-0.3, -0.25) is 10.1 Å². The molecule has 2 rings (SSSR count). The Labute approximate surface area is 119 Å². The van der Waals surface area contributed by atoms with E-state index in [1.54, 1.807) is 23.9 Å². The molecule has 0 aliphatic heterocycles. The molecular formula is C12H13N3O2S2. The van der Waals surface area contributed by atoms with Crippen LogP contribution < -0.4 is 5.32 Å². The quantitative estimate of drug-likeness (QED) is 0.521. The average molecular weight is 295 g/mol. The molecule has 5 nitrogen and oxygen atoms in total. The highest BCUT2D eigenvalue weighted by atomic mass is 32.2. The van der Waals surface area contributed by atoms with Crippen molar-refractivity contribution >= 4 is 40.2 Å². The van der Waals surface area contributed by atoms with Crippen LogP contribution in [0.4, 0.5) is 5.13 Å². The third-order valence-corrected chi connectivity index (χ3v) is 3.92. The number of hydrogen-bond donors (Lipinski definition) is 1. The second kappa shape index (κ2) is 6.53. The maximum Gasteiger partial charge on any atom is 0.250 e. The van der Waals surface area contributed by atoms with Gasteiger partial charge in [-0.1, -0.05) is 30.0 Å². The summed E-state index contributed by atoms with van der Waals surface area (Å²) in [6.07, 6.45) is 3.03. The maximum atomic E-state index is 11.7. The number of rotatable bonds is 5. The van der Waals surface area contributed by atoms with E-state index in [4.69, 9.17) is 4.42 Å². The van der Waals surface area contributed by atoms with Crippen molar-refractivity contribution in [2.45, 2.75) is 18.2 Å². The molecule has 0 saturated heterocycles. The van der Waals surface area contributed by atoms with Gasteiger partial charge in [0.25, 0.3) is 0 Å². The van der Waals surface area contributed by atoms with Crippen molar-refractivity contribution in [3.05, 3.63) is 29.7 Å². The summed E-state index contributed by atoms with van der Waals surface area (Å²) in [4.78, 5) is 11.7. The molecule has 100 valence electrons. The zero-order chi connectivity index (χ0) is 13.7. The van der Waals surface area contributed by atoms with Crippen molar-refractivity contribution in [1.82, 2.24) is 10.2 Å². The van der Waals surface area contributed by atoms with Gasteiger partial charge in [-0.2, -0.15) is 0 Å². The molecule has 0 aliphatic rings. The molecule has 2 aromatic heterocycles. The fraction of sp³-hybridized carbons (Fsp3) is 0.250. The molecule has 2 aromatic rings. The molecule has 0 aromatic carbocycles. The van der Waals surface area contributed by atoms with Crippen LogP contribution in [0.2, 0.25) is 0 Å². The average Bonchev–Trinajstić information content (AvgIpc) is 2.97. The molecule has 0 radical (unpaired) electrons. The van der Waals surface area contributed by atoms with Gasteiger partial charge in [-0.15, -0.1) is 10.2 Å². The van der Waals surface area contributed by atoms with Gasteiger partial charge in [-0.05, 0) is 30.9 Å². The van der Waals surface area contributed by atoms with E-state index >= 15 is 0 Å². The third kappa shape index (κ3) is 4.22. The van der Waals surface area contributed by atoms with Crippen LogP contribution in [0.1, 0.15) is 18.4 Å². The van der Waals surface area contributed by atoms with E-state index in [9.17, 15) is 4.79 Å². The largest absolute Gasteiger partial charge is 0.462 e. The van der Waals surface area contributed by atoms with Crippen LogP contribution in [-0.2, 0) is 4.79 Å². The molecule has 7 heteroatoms. The molecule has 1 N–H and O–H groups in total. The Kier molecular flexibility index (Phi) is 4.75. The van der Waals surface area contributed by atoms with E-state index in [1.807, 2.05) is 19.9 Å². The Bertz CT molecular complexity index is 589. The Morgan fingerprint density at radius 2 is 2.37 bits per heavy atom. The number of carbonyl (C=O) groups is 1. The van der Waals surface area contributed by atoms with Gasteiger partial charge in [0.15, 0.2) is 4.34 Å². The number of amides is 1. The Balaban J connectivity index is 1.91. The summed E-state index contributed by atoms with van der Waals surface area (Å²) in [7, 11) is 0. The van der Waals surface area contributed by atoms with Crippen molar-refractivity contribution in [1.29, 1.82) is 0 Å². The first-order chi connectivity index (χ1) is 9.17. The lowest BCUT2D eigenvalue weighted by Gasteiger charge is -1.93. The summed E-state index contributed by atoms with van der Waals surface area (Å²) in [6, 6.07) is 3.65. The molecule has 0 atom stereocenters. The van der Waals surface area contributed by atoms with Gasteiger partial charge in [0.2, 0.25) is 11.0 Å². The molecule has 1 amide bonds. The van der Waals surface area contributed by atoms with Gasteiger partial charge in [0.1, 0.15) is 11.5 Å². The Morgan fingerprint density at radius 1 is 1.53 bits per heavy atom. The third-order valence-electron chi connectivity index (χ3n) is 2.06. The molecule has 2 heterocycles. The van der Waals surface area contributed by atoms with Crippen LogP contribution in [0.15, 0.2) is 27.0 Å². The minimum absolute atomic E-state index is 0.252. The lowest BCUT2D eigenvalue weighted by Crippen LogP contribution is -2.07. The highest BCUT2D eigenvalue weighted by Crippen LogP contribution is 2.24.